The van der Waals surface area contributed by atoms with Crippen molar-refractivity contribution in [2.75, 3.05) is 14.1 Å². The van der Waals surface area contributed by atoms with E-state index in [1.165, 1.54) is 16.7 Å². The molecular formula is C15H23N. The molecule has 1 aromatic rings. The van der Waals surface area contributed by atoms with Gasteiger partial charge in [-0.25, -0.2) is 0 Å². The van der Waals surface area contributed by atoms with Crippen molar-refractivity contribution in [1.29, 1.82) is 0 Å². The van der Waals surface area contributed by atoms with Crippen LogP contribution in [0.4, 0.5) is 0 Å². The summed E-state index contributed by atoms with van der Waals surface area (Å²) in [4.78, 5) is 2.25. The molecule has 1 heteroatoms. The van der Waals surface area contributed by atoms with Crippen LogP contribution >= 0.6 is 0 Å². The van der Waals surface area contributed by atoms with Crippen LogP contribution < -0.4 is 0 Å². The first-order valence-corrected chi connectivity index (χ1v) is 5.85. The first-order valence-electron chi connectivity index (χ1n) is 5.85. The van der Waals surface area contributed by atoms with E-state index in [1.54, 1.807) is 0 Å². The zero-order valence-electron chi connectivity index (χ0n) is 11.2. The van der Waals surface area contributed by atoms with Gasteiger partial charge < -0.3 is 0 Å². The van der Waals surface area contributed by atoms with Crippen LogP contribution in [0.25, 0.3) is 5.57 Å². The summed E-state index contributed by atoms with van der Waals surface area (Å²) in [5.74, 6) is 0. The van der Waals surface area contributed by atoms with Gasteiger partial charge in [-0.05, 0) is 45.5 Å². The highest BCUT2D eigenvalue weighted by molar-refractivity contribution is 5.70. The lowest BCUT2D eigenvalue weighted by Crippen LogP contribution is -2.41. The fourth-order valence-electron chi connectivity index (χ4n) is 1.87. The number of hydrogen-bond donors (Lipinski definition) is 0. The van der Waals surface area contributed by atoms with Gasteiger partial charge >= 0.3 is 0 Å². The molecule has 0 aromatic heterocycles. The number of aryl methyl sites for hydroxylation is 1. The van der Waals surface area contributed by atoms with Gasteiger partial charge in [0.2, 0.25) is 0 Å². The molecule has 0 aliphatic rings. The van der Waals surface area contributed by atoms with Crippen molar-refractivity contribution in [1.82, 2.24) is 4.90 Å². The number of nitrogens with zero attached hydrogens (tertiary/aromatic N) is 1. The third-order valence-electron chi connectivity index (χ3n) is 3.73. The van der Waals surface area contributed by atoms with Crippen LogP contribution in [-0.2, 0) is 0 Å². The predicted molar refractivity (Wildman–Crippen MR) is 72.6 cm³/mol. The van der Waals surface area contributed by atoms with E-state index in [0.717, 1.165) is 6.42 Å². The molecule has 0 radical (unpaired) electrons. The van der Waals surface area contributed by atoms with Gasteiger partial charge in [0.1, 0.15) is 0 Å². The Morgan fingerprint density at radius 1 is 1.25 bits per heavy atom. The highest BCUT2D eigenvalue weighted by atomic mass is 15.1. The number of hydrogen-bond acceptors (Lipinski definition) is 1. The van der Waals surface area contributed by atoms with Crippen LogP contribution in [0, 0.1) is 6.92 Å². The summed E-state index contributed by atoms with van der Waals surface area (Å²) in [6.45, 7) is 10.8. The van der Waals surface area contributed by atoms with Crippen molar-refractivity contribution in [3.63, 3.8) is 0 Å². The van der Waals surface area contributed by atoms with Crippen LogP contribution in [0.2, 0.25) is 0 Å². The first kappa shape index (κ1) is 13.0. The molecule has 0 heterocycles. The SMILES string of the molecule is C=C(c1ccc(C)cc1)C(C)(CC)N(C)C. The molecule has 1 unspecified atom stereocenters. The Hall–Kier alpha value is -1.08. The lowest BCUT2D eigenvalue weighted by Gasteiger charge is -2.38. The predicted octanol–water partition coefficient (Wildman–Crippen LogP) is 3.74. The van der Waals surface area contributed by atoms with E-state index in [2.05, 4.69) is 70.6 Å². The molecule has 0 saturated carbocycles. The van der Waals surface area contributed by atoms with Crippen molar-refractivity contribution in [2.24, 2.45) is 0 Å². The van der Waals surface area contributed by atoms with E-state index >= 15 is 0 Å². The summed E-state index contributed by atoms with van der Waals surface area (Å²) >= 11 is 0. The second-order valence-corrected chi connectivity index (χ2v) is 4.87. The average molecular weight is 217 g/mol. The standard InChI is InChI=1S/C15H23N/c1-7-15(4,16(5)6)13(3)14-10-8-12(2)9-11-14/h8-11H,3,7H2,1-2,4-6H3. The molecule has 1 atom stereocenters. The maximum absolute atomic E-state index is 4.28. The molecule has 16 heavy (non-hydrogen) atoms. The largest absolute Gasteiger partial charge is 0.300 e. The van der Waals surface area contributed by atoms with Gasteiger partial charge in [-0.1, -0.05) is 43.3 Å². The molecule has 1 nitrogen and oxygen atoms in total. The van der Waals surface area contributed by atoms with Crippen LogP contribution in [0.1, 0.15) is 31.4 Å². The summed E-state index contributed by atoms with van der Waals surface area (Å²) in [5.41, 5.74) is 3.76. The maximum atomic E-state index is 4.28. The molecule has 0 fully saturated rings. The van der Waals surface area contributed by atoms with Crippen LogP contribution in [0.5, 0.6) is 0 Å². The molecule has 0 aliphatic heterocycles. The van der Waals surface area contributed by atoms with Crippen molar-refractivity contribution in [3.05, 3.63) is 42.0 Å². The summed E-state index contributed by atoms with van der Waals surface area (Å²) < 4.78 is 0. The number of likely N-dealkylation sites (N-methyl/N-ethyl adjacent to an activating group) is 1. The second kappa shape index (κ2) is 4.84. The molecular weight excluding hydrogens is 194 g/mol. The van der Waals surface area contributed by atoms with Gasteiger partial charge in [-0.2, -0.15) is 0 Å². The average Bonchev–Trinajstić information content (AvgIpc) is 2.27. The van der Waals surface area contributed by atoms with Gasteiger partial charge in [-0.15, -0.1) is 0 Å². The fourth-order valence-corrected chi connectivity index (χ4v) is 1.87. The minimum absolute atomic E-state index is 0.0370. The Balaban J connectivity index is 3.05. The minimum atomic E-state index is 0.0370. The van der Waals surface area contributed by atoms with E-state index in [-0.39, 0.29) is 5.54 Å². The third kappa shape index (κ3) is 2.35. The molecule has 0 amide bonds. The van der Waals surface area contributed by atoms with E-state index in [0.29, 0.717) is 0 Å². The lowest BCUT2D eigenvalue weighted by atomic mass is 9.84. The molecule has 0 saturated heterocycles. The summed E-state index contributed by atoms with van der Waals surface area (Å²) in [7, 11) is 4.23. The minimum Gasteiger partial charge on any atom is -0.300 e. The highest BCUT2D eigenvalue weighted by Gasteiger charge is 2.28. The Kier molecular flexibility index (Phi) is 3.93. The van der Waals surface area contributed by atoms with Crippen LogP contribution in [0.3, 0.4) is 0 Å². The zero-order valence-corrected chi connectivity index (χ0v) is 11.2. The van der Waals surface area contributed by atoms with Gasteiger partial charge in [0, 0.05) is 5.54 Å². The third-order valence-corrected chi connectivity index (χ3v) is 3.73. The molecule has 0 aliphatic carbocycles. The van der Waals surface area contributed by atoms with Crippen LogP contribution in [0.15, 0.2) is 30.8 Å². The van der Waals surface area contributed by atoms with Gasteiger partial charge in [0.25, 0.3) is 0 Å². The van der Waals surface area contributed by atoms with E-state index in [4.69, 9.17) is 0 Å². The molecule has 1 rings (SSSR count). The second-order valence-electron chi connectivity index (χ2n) is 4.87. The van der Waals surface area contributed by atoms with E-state index in [1.807, 2.05) is 0 Å². The molecule has 0 spiro atoms. The summed E-state index contributed by atoms with van der Waals surface area (Å²) in [5, 5.41) is 0. The summed E-state index contributed by atoms with van der Waals surface area (Å²) in [6.07, 6.45) is 1.06. The Morgan fingerprint density at radius 2 is 1.75 bits per heavy atom. The molecule has 0 bridgehead atoms. The smallest absolute Gasteiger partial charge is 0.0423 e. The van der Waals surface area contributed by atoms with Crippen molar-refractivity contribution in [2.45, 2.75) is 32.7 Å². The van der Waals surface area contributed by atoms with Gasteiger partial charge in [-0.3, -0.25) is 4.90 Å². The first-order chi connectivity index (χ1) is 7.41. The quantitative estimate of drug-likeness (QED) is 0.742. The maximum Gasteiger partial charge on any atom is 0.0423 e. The molecule has 1 aromatic carbocycles. The fraction of sp³-hybridized carbons (Fsp3) is 0.467. The summed E-state index contributed by atoms with van der Waals surface area (Å²) in [6, 6.07) is 8.61. The molecule has 88 valence electrons. The molecule has 0 N–H and O–H groups in total. The lowest BCUT2D eigenvalue weighted by molar-refractivity contribution is 0.234. The number of rotatable bonds is 4. The monoisotopic (exact) mass is 217 g/mol. The highest BCUT2D eigenvalue weighted by Crippen LogP contribution is 2.32. The van der Waals surface area contributed by atoms with E-state index in [9.17, 15) is 0 Å². The van der Waals surface area contributed by atoms with Crippen LogP contribution in [-0.4, -0.2) is 24.5 Å². The topological polar surface area (TPSA) is 3.24 Å². The Bertz CT molecular complexity index is 362. The van der Waals surface area contributed by atoms with Gasteiger partial charge in [0.05, 0.1) is 0 Å². The number of benzene rings is 1. The van der Waals surface area contributed by atoms with Crippen molar-refractivity contribution < 1.29 is 0 Å². The Morgan fingerprint density at radius 3 is 2.12 bits per heavy atom. The van der Waals surface area contributed by atoms with E-state index < -0.39 is 0 Å². The normalized spacial score (nSPS) is 14.9. The van der Waals surface area contributed by atoms with Crippen molar-refractivity contribution in [3.8, 4) is 0 Å². The zero-order chi connectivity index (χ0) is 12.3. The Labute approximate surface area is 99.8 Å². The van der Waals surface area contributed by atoms with Gasteiger partial charge in [0.15, 0.2) is 0 Å². The van der Waals surface area contributed by atoms with Crippen molar-refractivity contribution >= 4 is 5.57 Å².